The average Bonchev–Trinajstić information content (AvgIpc) is 2.67. The summed E-state index contributed by atoms with van der Waals surface area (Å²) in [5, 5.41) is 1.36. The highest BCUT2D eigenvalue weighted by molar-refractivity contribution is 6.31. The van der Waals surface area contributed by atoms with E-state index in [-0.39, 0.29) is 11.7 Å². The maximum atomic E-state index is 12.3. The molecule has 0 fully saturated rings. The van der Waals surface area contributed by atoms with Crippen LogP contribution in [0.3, 0.4) is 0 Å². The molecule has 1 aliphatic carbocycles. The Kier molecular flexibility index (Phi) is 2.89. The first kappa shape index (κ1) is 11.8. The number of hydrogen-bond acceptors (Lipinski definition) is 1. The molecule has 3 rings (SSSR count). The number of Topliss-reactive ketones (excluding diaryl/α,β-unsaturated/α-hetero) is 1. The summed E-state index contributed by atoms with van der Waals surface area (Å²) in [4.78, 5) is 12.3. The molecule has 0 amide bonds. The lowest BCUT2D eigenvalue weighted by Gasteiger charge is -2.07. The quantitative estimate of drug-likeness (QED) is 0.749. The number of halogens is 2. The molecule has 0 saturated heterocycles. The van der Waals surface area contributed by atoms with Crippen molar-refractivity contribution in [1.82, 2.24) is 0 Å². The van der Waals surface area contributed by atoms with E-state index in [1.807, 2.05) is 36.4 Å². The van der Waals surface area contributed by atoms with Crippen LogP contribution < -0.4 is 0 Å². The molecule has 0 aromatic heterocycles. The second-order valence-electron chi connectivity index (χ2n) is 4.47. The fraction of sp³-hybridized carbons (Fsp3) is 0.133. The number of rotatable bonds is 1. The third-order valence-electron chi connectivity index (χ3n) is 3.35. The monoisotopic (exact) mass is 276 g/mol. The van der Waals surface area contributed by atoms with Crippen molar-refractivity contribution in [3.63, 3.8) is 0 Å². The molecular weight excluding hydrogens is 267 g/mol. The first-order valence-corrected chi connectivity index (χ1v) is 6.49. The standard InChI is InChI=1S/C15H10Cl2O/c16-11-3-1-9(2-4-11)14-8-10-7-12(17)5-6-13(10)15(14)18/h1-7,14H,8H2. The van der Waals surface area contributed by atoms with E-state index < -0.39 is 0 Å². The number of carbonyl (C=O) groups excluding carboxylic acids is 1. The predicted molar refractivity (Wildman–Crippen MR) is 73.7 cm³/mol. The van der Waals surface area contributed by atoms with Crippen LogP contribution in [-0.2, 0) is 6.42 Å². The van der Waals surface area contributed by atoms with Gasteiger partial charge in [0.2, 0.25) is 0 Å². The Bertz CT molecular complexity index is 617. The minimum atomic E-state index is -0.101. The zero-order valence-electron chi connectivity index (χ0n) is 9.49. The van der Waals surface area contributed by atoms with Crippen LogP contribution in [0.25, 0.3) is 0 Å². The van der Waals surface area contributed by atoms with Crippen molar-refractivity contribution in [3.05, 3.63) is 69.2 Å². The van der Waals surface area contributed by atoms with Gasteiger partial charge in [-0.2, -0.15) is 0 Å². The molecular formula is C15H10Cl2O. The van der Waals surface area contributed by atoms with Gasteiger partial charge in [-0.05, 0) is 47.9 Å². The first-order chi connectivity index (χ1) is 8.65. The molecule has 1 atom stereocenters. The van der Waals surface area contributed by atoms with E-state index in [1.54, 1.807) is 6.07 Å². The molecule has 1 unspecified atom stereocenters. The Hall–Kier alpha value is -1.31. The van der Waals surface area contributed by atoms with Crippen LogP contribution >= 0.6 is 23.2 Å². The van der Waals surface area contributed by atoms with Gasteiger partial charge in [0.05, 0.1) is 5.92 Å². The van der Waals surface area contributed by atoms with Crippen LogP contribution in [0.5, 0.6) is 0 Å². The van der Waals surface area contributed by atoms with Gasteiger partial charge in [-0.3, -0.25) is 4.79 Å². The van der Waals surface area contributed by atoms with Gasteiger partial charge in [-0.1, -0.05) is 35.3 Å². The second-order valence-corrected chi connectivity index (χ2v) is 5.35. The van der Waals surface area contributed by atoms with Gasteiger partial charge in [-0.15, -0.1) is 0 Å². The van der Waals surface area contributed by atoms with Crippen LogP contribution in [0.2, 0.25) is 10.0 Å². The fourth-order valence-corrected chi connectivity index (χ4v) is 2.76. The zero-order chi connectivity index (χ0) is 12.7. The molecule has 0 N–H and O–H groups in total. The summed E-state index contributed by atoms with van der Waals surface area (Å²) < 4.78 is 0. The number of hydrogen-bond donors (Lipinski definition) is 0. The Morgan fingerprint density at radius 1 is 0.944 bits per heavy atom. The fourth-order valence-electron chi connectivity index (χ4n) is 2.44. The summed E-state index contributed by atoms with van der Waals surface area (Å²) in [5.41, 5.74) is 2.84. The molecule has 0 bridgehead atoms. The van der Waals surface area contributed by atoms with Crippen LogP contribution in [0.15, 0.2) is 42.5 Å². The van der Waals surface area contributed by atoms with Crippen molar-refractivity contribution in [2.75, 3.05) is 0 Å². The van der Waals surface area contributed by atoms with Crippen LogP contribution in [0.4, 0.5) is 0 Å². The summed E-state index contributed by atoms with van der Waals surface area (Å²) in [6.45, 7) is 0. The van der Waals surface area contributed by atoms with E-state index >= 15 is 0 Å². The van der Waals surface area contributed by atoms with Gasteiger partial charge < -0.3 is 0 Å². The lowest BCUT2D eigenvalue weighted by molar-refractivity contribution is 0.0973. The Labute approximate surface area is 115 Å². The second kappa shape index (κ2) is 4.42. The van der Waals surface area contributed by atoms with E-state index in [1.165, 1.54) is 0 Å². The van der Waals surface area contributed by atoms with Gasteiger partial charge in [0.25, 0.3) is 0 Å². The van der Waals surface area contributed by atoms with Crippen molar-refractivity contribution in [3.8, 4) is 0 Å². The number of ketones is 1. The zero-order valence-corrected chi connectivity index (χ0v) is 11.0. The molecule has 0 radical (unpaired) electrons. The first-order valence-electron chi connectivity index (χ1n) is 5.73. The highest BCUT2D eigenvalue weighted by Crippen LogP contribution is 2.35. The number of benzene rings is 2. The van der Waals surface area contributed by atoms with Gasteiger partial charge in [-0.25, -0.2) is 0 Å². The number of carbonyl (C=O) groups is 1. The Balaban J connectivity index is 1.99. The summed E-state index contributed by atoms with van der Waals surface area (Å²) >= 11 is 11.8. The van der Waals surface area contributed by atoms with Crippen LogP contribution in [0, 0.1) is 0 Å². The van der Waals surface area contributed by atoms with E-state index in [9.17, 15) is 4.79 Å². The van der Waals surface area contributed by atoms with Gasteiger partial charge in [0.15, 0.2) is 5.78 Å². The lowest BCUT2D eigenvalue weighted by Crippen LogP contribution is -2.06. The highest BCUT2D eigenvalue weighted by atomic mass is 35.5. The van der Waals surface area contributed by atoms with Crippen molar-refractivity contribution >= 4 is 29.0 Å². The molecule has 0 spiro atoms. The molecule has 2 aromatic rings. The molecule has 2 aromatic carbocycles. The minimum absolute atomic E-state index is 0.101. The lowest BCUT2D eigenvalue weighted by atomic mass is 9.95. The number of fused-ring (bicyclic) bond motifs is 1. The summed E-state index contributed by atoms with van der Waals surface area (Å²) in [6, 6.07) is 12.9. The topological polar surface area (TPSA) is 17.1 Å². The predicted octanol–water partition coefficient (Wildman–Crippen LogP) is 4.52. The molecule has 0 heterocycles. The van der Waals surface area contributed by atoms with Gasteiger partial charge in [0.1, 0.15) is 0 Å². The van der Waals surface area contributed by atoms with E-state index in [4.69, 9.17) is 23.2 Å². The smallest absolute Gasteiger partial charge is 0.170 e. The van der Waals surface area contributed by atoms with Crippen molar-refractivity contribution < 1.29 is 4.79 Å². The highest BCUT2D eigenvalue weighted by Gasteiger charge is 2.31. The molecule has 0 saturated carbocycles. The molecule has 0 aliphatic heterocycles. The molecule has 1 aliphatic rings. The normalized spacial score (nSPS) is 17.9. The maximum Gasteiger partial charge on any atom is 0.170 e. The largest absolute Gasteiger partial charge is 0.293 e. The van der Waals surface area contributed by atoms with Crippen LogP contribution in [-0.4, -0.2) is 5.78 Å². The summed E-state index contributed by atoms with van der Waals surface area (Å²) in [7, 11) is 0. The summed E-state index contributed by atoms with van der Waals surface area (Å²) in [5.74, 6) is 0.0692. The Morgan fingerprint density at radius 3 is 2.33 bits per heavy atom. The SMILES string of the molecule is O=C1c2ccc(Cl)cc2CC1c1ccc(Cl)cc1. The molecule has 3 heteroatoms. The van der Waals surface area contributed by atoms with Gasteiger partial charge >= 0.3 is 0 Å². The Morgan fingerprint density at radius 2 is 1.61 bits per heavy atom. The minimum Gasteiger partial charge on any atom is -0.293 e. The van der Waals surface area contributed by atoms with E-state index in [0.717, 1.165) is 23.1 Å². The summed E-state index contributed by atoms with van der Waals surface area (Å²) in [6.07, 6.45) is 0.719. The average molecular weight is 277 g/mol. The van der Waals surface area contributed by atoms with Crippen molar-refractivity contribution in [2.45, 2.75) is 12.3 Å². The van der Waals surface area contributed by atoms with Crippen LogP contribution in [0.1, 0.15) is 27.4 Å². The third-order valence-corrected chi connectivity index (χ3v) is 3.83. The van der Waals surface area contributed by atoms with Crippen molar-refractivity contribution in [2.24, 2.45) is 0 Å². The molecule has 90 valence electrons. The third kappa shape index (κ3) is 1.94. The van der Waals surface area contributed by atoms with Gasteiger partial charge in [0, 0.05) is 15.6 Å². The molecule has 18 heavy (non-hydrogen) atoms. The van der Waals surface area contributed by atoms with E-state index in [2.05, 4.69) is 0 Å². The van der Waals surface area contributed by atoms with E-state index in [0.29, 0.717) is 10.0 Å². The molecule has 1 nitrogen and oxygen atoms in total. The maximum absolute atomic E-state index is 12.3. The van der Waals surface area contributed by atoms with Crippen molar-refractivity contribution in [1.29, 1.82) is 0 Å².